The van der Waals surface area contributed by atoms with Crippen LogP contribution in [-0.2, 0) is 12.6 Å². The van der Waals surface area contributed by atoms with Crippen LogP contribution in [-0.4, -0.2) is 14.6 Å². The first-order valence-corrected chi connectivity index (χ1v) is 5.03. The van der Waals surface area contributed by atoms with Gasteiger partial charge in [0, 0.05) is 17.3 Å². The van der Waals surface area contributed by atoms with Gasteiger partial charge >= 0.3 is 6.18 Å². The second kappa shape index (κ2) is 3.61. The maximum Gasteiger partial charge on any atom is 0.433 e. The molecule has 0 fully saturated rings. The van der Waals surface area contributed by atoms with Crippen LogP contribution in [0.25, 0.3) is 5.65 Å². The monoisotopic (exact) mass is 245 g/mol. The zero-order valence-corrected chi connectivity index (χ0v) is 9.22. The largest absolute Gasteiger partial charge is 0.433 e. The summed E-state index contributed by atoms with van der Waals surface area (Å²) in [7, 11) is 0. The molecule has 0 unspecified atom stereocenters. The van der Waals surface area contributed by atoms with Gasteiger partial charge in [0.1, 0.15) is 0 Å². The second-order valence-corrected chi connectivity index (χ2v) is 3.71. The third-order valence-electron chi connectivity index (χ3n) is 2.60. The van der Waals surface area contributed by atoms with E-state index in [0.717, 1.165) is 4.52 Å². The van der Waals surface area contributed by atoms with E-state index in [2.05, 4.69) is 10.1 Å². The molecule has 0 bridgehead atoms. The van der Waals surface area contributed by atoms with Crippen molar-refractivity contribution >= 4 is 5.65 Å². The number of H-pyrrole nitrogens is 1. The quantitative estimate of drug-likeness (QED) is 0.834. The standard InChI is InChI=1S/C10H10F3N3O/c1-3-6-5(2)9-14-7(10(11,12)13)4-8(17)16(9)15-6/h4,15H,3H2,1-2H3. The average Bonchev–Trinajstić information content (AvgIpc) is 2.55. The van der Waals surface area contributed by atoms with E-state index in [-0.39, 0.29) is 5.65 Å². The minimum absolute atomic E-state index is 0.0293. The van der Waals surface area contributed by atoms with Crippen molar-refractivity contribution in [3.63, 3.8) is 0 Å². The van der Waals surface area contributed by atoms with E-state index in [1.165, 1.54) is 0 Å². The summed E-state index contributed by atoms with van der Waals surface area (Å²) in [6, 6.07) is 0.488. The predicted molar refractivity (Wildman–Crippen MR) is 54.9 cm³/mol. The summed E-state index contributed by atoms with van der Waals surface area (Å²) in [4.78, 5) is 15.0. The van der Waals surface area contributed by atoms with Crippen LogP contribution in [0.4, 0.5) is 13.2 Å². The summed E-state index contributed by atoms with van der Waals surface area (Å²) >= 11 is 0. The molecular formula is C10H10F3N3O. The van der Waals surface area contributed by atoms with Crippen LogP contribution < -0.4 is 5.56 Å². The van der Waals surface area contributed by atoms with Crippen LogP contribution in [0, 0.1) is 6.92 Å². The number of aromatic amines is 1. The van der Waals surface area contributed by atoms with Crippen LogP contribution in [0.1, 0.15) is 23.9 Å². The van der Waals surface area contributed by atoms with Crippen molar-refractivity contribution in [2.75, 3.05) is 0 Å². The molecule has 7 heteroatoms. The van der Waals surface area contributed by atoms with Gasteiger partial charge in [-0.1, -0.05) is 6.92 Å². The molecule has 2 heterocycles. The fraction of sp³-hybridized carbons (Fsp3) is 0.400. The van der Waals surface area contributed by atoms with Gasteiger partial charge in [-0.05, 0) is 13.3 Å². The molecule has 1 N–H and O–H groups in total. The molecule has 4 nitrogen and oxygen atoms in total. The lowest BCUT2D eigenvalue weighted by Crippen LogP contribution is -2.20. The molecular weight excluding hydrogens is 235 g/mol. The molecule has 0 atom stereocenters. The topological polar surface area (TPSA) is 50.2 Å². The summed E-state index contributed by atoms with van der Waals surface area (Å²) in [6.07, 6.45) is -4.01. The van der Waals surface area contributed by atoms with E-state index in [4.69, 9.17) is 0 Å². The highest BCUT2D eigenvalue weighted by atomic mass is 19.4. The lowest BCUT2D eigenvalue weighted by Gasteiger charge is -2.04. The van der Waals surface area contributed by atoms with E-state index >= 15 is 0 Å². The van der Waals surface area contributed by atoms with Gasteiger partial charge in [-0.25, -0.2) is 9.50 Å². The van der Waals surface area contributed by atoms with Crippen molar-refractivity contribution in [3.8, 4) is 0 Å². The summed E-state index contributed by atoms with van der Waals surface area (Å²) in [5.41, 5.74) is -0.622. The molecule has 0 aliphatic heterocycles. The van der Waals surface area contributed by atoms with Gasteiger partial charge in [-0.3, -0.25) is 9.89 Å². The number of rotatable bonds is 1. The van der Waals surface area contributed by atoms with Crippen molar-refractivity contribution < 1.29 is 13.2 Å². The first kappa shape index (κ1) is 11.7. The normalized spacial score (nSPS) is 12.3. The smallest absolute Gasteiger partial charge is 0.293 e. The first-order chi connectivity index (χ1) is 7.84. The molecule has 92 valence electrons. The van der Waals surface area contributed by atoms with Gasteiger partial charge < -0.3 is 0 Å². The Morgan fingerprint density at radius 1 is 1.47 bits per heavy atom. The Balaban J connectivity index is 2.81. The number of hydrogen-bond donors (Lipinski definition) is 1. The predicted octanol–water partition coefficient (Wildman–Crippen LogP) is 1.91. The van der Waals surface area contributed by atoms with E-state index < -0.39 is 17.4 Å². The zero-order chi connectivity index (χ0) is 12.8. The molecule has 0 radical (unpaired) electrons. The van der Waals surface area contributed by atoms with E-state index in [0.29, 0.717) is 23.7 Å². The third kappa shape index (κ3) is 1.81. The maximum atomic E-state index is 12.5. The summed E-state index contributed by atoms with van der Waals surface area (Å²) in [5, 5.41) is 2.73. The molecule has 0 aliphatic rings. The average molecular weight is 245 g/mol. The van der Waals surface area contributed by atoms with Gasteiger partial charge in [0.15, 0.2) is 11.3 Å². The van der Waals surface area contributed by atoms with Crippen molar-refractivity contribution in [1.29, 1.82) is 0 Å². The summed E-state index contributed by atoms with van der Waals surface area (Å²) < 4.78 is 38.5. The van der Waals surface area contributed by atoms with Gasteiger partial charge in [0.25, 0.3) is 5.56 Å². The van der Waals surface area contributed by atoms with Crippen LogP contribution >= 0.6 is 0 Å². The molecule has 17 heavy (non-hydrogen) atoms. The summed E-state index contributed by atoms with van der Waals surface area (Å²) in [5.74, 6) is 0. The Morgan fingerprint density at radius 3 is 2.65 bits per heavy atom. The molecule has 0 saturated carbocycles. The van der Waals surface area contributed by atoms with Crippen LogP contribution in [0.3, 0.4) is 0 Å². The Morgan fingerprint density at radius 2 is 2.12 bits per heavy atom. The molecule has 0 aromatic carbocycles. The Bertz CT molecular complexity index is 624. The van der Waals surface area contributed by atoms with Crippen molar-refractivity contribution in [2.45, 2.75) is 26.4 Å². The van der Waals surface area contributed by atoms with Crippen LogP contribution in [0.5, 0.6) is 0 Å². The molecule has 2 rings (SSSR count). The highest BCUT2D eigenvalue weighted by Gasteiger charge is 2.33. The number of fused-ring (bicyclic) bond motifs is 1. The van der Waals surface area contributed by atoms with Crippen molar-refractivity contribution in [1.82, 2.24) is 14.6 Å². The maximum absolute atomic E-state index is 12.5. The lowest BCUT2D eigenvalue weighted by atomic mass is 10.2. The highest BCUT2D eigenvalue weighted by Crippen LogP contribution is 2.27. The molecule has 0 spiro atoms. The van der Waals surface area contributed by atoms with Gasteiger partial charge in [-0.2, -0.15) is 13.2 Å². The van der Waals surface area contributed by atoms with Crippen LogP contribution in [0.2, 0.25) is 0 Å². The minimum atomic E-state index is -4.61. The first-order valence-electron chi connectivity index (χ1n) is 5.03. The van der Waals surface area contributed by atoms with Crippen LogP contribution in [0.15, 0.2) is 10.9 Å². The Hall–Kier alpha value is -1.79. The van der Waals surface area contributed by atoms with E-state index in [9.17, 15) is 18.0 Å². The molecule has 2 aromatic rings. The molecule has 0 aliphatic carbocycles. The third-order valence-corrected chi connectivity index (χ3v) is 2.60. The fourth-order valence-electron chi connectivity index (χ4n) is 1.69. The van der Waals surface area contributed by atoms with Gasteiger partial charge in [-0.15, -0.1) is 0 Å². The zero-order valence-electron chi connectivity index (χ0n) is 9.22. The molecule has 2 aromatic heterocycles. The number of halogens is 3. The SMILES string of the molecule is CCc1[nH]n2c(=O)cc(C(F)(F)F)nc2c1C. The number of aryl methyl sites for hydroxylation is 2. The van der Waals surface area contributed by atoms with E-state index in [1.54, 1.807) is 6.92 Å². The van der Waals surface area contributed by atoms with Gasteiger partial charge in [0.05, 0.1) is 0 Å². The van der Waals surface area contributed by atoms with Crippen molar-refractivity contribution in [2.24, 2.45) is 0 Å². The van der Waals surface area contributed by atoms with E-state index in [1.807, 2.05) is 6.92 Å². The second-order valence-electron chi connectivity index (χ2n) is 3.71. The molecule has 0 saturated heterocycles. The molecule has 0 amide bonds. The highest BCUT2D eigenvalue weighted by molar-refractivity contribution is 5.49. The number of hydrogen-bond acceptors (Lipinski definition) is 2. The lowest BCUT2D eigenvalue weighted by molar-refractivity contribution is -0.141. The minimum Gasteiger partial charge on any atom is -0.293 e. The van der Waals surface area contributed by atoms with Crippen molar-refractivity contribution in [3.05, 3.63) is 33.4 Å². The Labute approximate surface area is 94.1 Å². The Kier molecular flexibility index (Phi) is 2.48. The summed E-state index contributed by atoms with van der Waals surface area (Å²) in [6.45, 7) is 3.48. The number of nitrogens with zero attached hydrogens (tertiary/aromatic N) is 2. The number of alkyl halides is 3. The fourth-order valence-corrected chi connectivity index (χ4v) is 1.69. The number of nitrogens with one attached hydrogen (secondary N) is 1. The van der Waals surface area contributed by atoms with Gasteiger partial charge in [0.2, 0.25) is 0 Å². The number of aromatic nitrogens is 3.